The van der Waals surface area contributed by atoms with E-state index in [4.69, 9.17) is 9.47 Å². The van der Waals surface area contributed by atoms with Crippen molar-refractivity contribution >= 4 is 5.82 Å². The molecule has 0 spiro atoms. The van der Waals surface area contributed by atoms with E-state index in [0.717, 1.165) is 30.9 Å². The van der Waals surface area contributed by atoms with Crippen LogP contribution in [0, 0.1) is 6.92 Å². The number of fused-ring (bicyclic) bond motifs is 1. The maximum atomic E-state index is 10.6. The zero-order valence-electron chi connectivity index (χ0n) is 15.2. The Morgan fingerprint density at radius 1 is 1.23 bits per heavy atom. The number of piperidine rings is 1. The van der Waals surface area contributed by atoms with Gasteiger partial charge in [0.05, 0.1) is 5.69 Å². The lowest BCUT2D eigenvalue weighted by molar-refractivity contribution is 0.166. The molecule has 138 valence electrons. The van der Waals surface area contributed by atoms with Crippen LogP contribution in [0.2, 0.25) is 0 Å². The number of rotatable bonds is 3. The third-order valence-corrected chi connectivity index (χ3v) is 4.90. The number of nitrogens with one attached hydrogen (secondary N) is 1. The molecule has 7 nitrogen and oxygen atoms in total. The second kappa shape index (κ2) is 6.99. The van der Waals surface area contributed by atoms with Gasteiger partial charge in [-0.05, 0) is 57.1 Å². The number of phenols is 1. The highest BCUT2D eigenvalue weighted by Crippen LogP contribution is 2.45. The van der Waals surface area contributed by atoms with Crippen LogP contribution in [-0.2, 0) is 0 Å². The van der Waals surface area contributed by atoms with Crippen molar-refractivity contribution in [3.8, 4) is 28.5 Å². The molecule has 0 saturated carbocycles. The van der Waals surface area contributed by atoms with Crippen molar-refractivity contribution in [2.45, 2.75) is 25.8 Å². The number of hydrogen-bond donors (Lipinski definition) is 2. The number of likely N-dealkylation sites (tertiary alicyclic amines) is 1. The number of aromatic hydroxyl groups is 1. The minimum atomic E-state index is 0.0502. The third kappa shape index (κ3) is 3.26. The average Bonchev–Trinajstić information content (AvgIpc) is 2.63. The second-order valence-corrected chi connectivity index (χ2v) is 6.99. The second-order valence-electron chi connectivity index (χ2n) is 6.99. The molecule has 0 amide bonds. The Balaban J connectivity index is 1.58. The summed E-state index contributed by atoms with van der Waals surface area (Å²) < 4.78 is 11.1. The molecule has 3 heterocycles. The molecule has 0 radical (unpaired) electrons. The highest BCUT2D eigenvalue weighted by molar-refractivity contribution is 5.75. The summed E-state index contributed by atoms with van der Waals surface area (Å²) >= 11 is 0. The molecule has 1 aromatic carbocycles. The van der Waals surface area contributed by atoms with E-state index in [-0.39, 0.29) is 5.75 Å². The van der Waals surface area contributed by atoms with Crippen molar-refractivity contribution < 1.29 is 14.6 Å². The normalized spacial score (nSPS) is 20.0. The molecular weight excluding hydrogens is 332 g/mol. The van der Waals surface area contributed by atoms with Crippen LogP contribution >= 0.6 is 0 Å². The van der Waals surface area contributed by atoms with Gasteiger partial charge >= 0.3 is 0 Å². The van der Waals surface area contributed by atoms with E-state index in [1.807, 2.05) is 13.0 Å². The van der Waals surface area contributed by atoms with E-state index in [9.17, 15) is 5.11 Å². The summed E-state index contributed by atoms with van der Waals surface area (Å²) in [5.74, 6) is 1.75. The van der Waals surface area contributed by atoms with E-state index in [2.05, 4.69) is 27.5 Å². The molecule has 4 rings (SSSR count). The highest BCUT2D eigenvalue weighted by atomic mass is 16.6. The van der Waals surface area contributed by atoms with Gasteiger partial charge in [-0.2, -0.15) is 0 Å². The van der Waals surface area contributed by atoms with Crippen LogP contribution in [0.15, 0.2) is 18.2 Å². The third-order valence-electron chi connectivity index (χ3n) is 4.90. The Labute approximate surface area is 153 Å². The molecule has 0 bridgehead atoms. The van der Waals surface area contributed by atoms with Crippen molar-refractivity contribution in [3.05, 3.63) is 23.8 Å². The first-order valence-corrected chi connectivity index (χ1v) is 9.03. The van der Waals surface area contributed by atoms with Crippen LogP contribution in [0.1, 0.15) is 18.4 Å². The van der Waals surface area contributed by atoms with Crippen molar-refractivity contribution in [2.24, 2.45) is 0 Å². The van der Waals surface area contributed by atoms with E-state index in [1.165, 1.54) is 6.42 Å². The first kappa shape index (κ1) is 16.9. The quantitative estimate of drug-likeness (QED) is 0.874. The fourth-order valence-corrected chi connectivity index (χ4v) is 3.61. The molecule has 0 aliphatic carbocycles. The molecule has 7 heteroatoms. The molecule has 2 aliphatic rings. The van der Waals surface area contributed by atoms with Crippen molar-refractivity contribution in [1.29, 1.82) is 0 Å². The minimum absolute atomic E-state index is 0.0502. The standard InChI is InChI=1S/C19H24N4O3/c1-12-10-16(20-13-4-3-7-23(2)11-13)21-22-17(12)14-5-6-15-19(18(14)24)26-9-8-25-15/h5-6,10,13,24H,3-4,7-9,11H2,1-2H3,(H,20,21). The van der Waals surface area contributed by atoms with Crippen LogP contribution in [0.25, 0.3) is 11.3 Å². The number of benzene rings is 1. The monoisotopic (exact) mass is 356 g/mol. The van der Waals surface area contributed by atoms with Crippen LogP contribution in [0.4, 0.5) is 5.82 Å². The number of aromatic nitrogens is 2. The highest BCUT2D eigenvalue weighted by Gasteiger charge is 2.22. The Kier molecular flexibility index (Phi) is 4.55. The van der Waals surface area contributed by atoms with Crippen LogP contribution < -0.4 is 14.8 Å². The summed E-state index contributed by atoms with van der Waals surface area (Å²) in [4.78, 5) is 2.32. The first-order valence-electron chi connectivity index (χ1n) is 9.03. The van der Waals surface area contributed by atoms with Crippen molar-refractivity contribution in [1.82, 2.24) is 15.1 Å². The molecule has 1 atom stereocenters. The average molecular weight is 356 g/mol. The lowest BCUT2D eigenvalue weighted by Gasteiger charge is -2.30. The SMILES string of the molecule is Cc1cc(NC2CCCN(C)C2)nnc1-c1ccc2c(c1O)OCCO2. The van der Waals surface area contributed by atoms with Gasteiger partial charge in [0.15, 0.2) is 11.5 Å². The Bertz CT molecular complexity index is 812. The van der Waals surface area contributed by atoms with Crippen LogP contribution in [-0.4, -0.2) is 59.6 Å². The van der Waals surface area contributed by atoms with Gasteiger partial charge in [0.2, 0.25) is 5.75 Å². The lowest BCUT2D eigenvalue weighted by atomic mass is 10.0. The first-order chi connectivity index (χ1) is 12.6. The number of nitrogens with zero attached hydrogens (tertiary/aromatic N) is 3. The minimum Gasteiger partial charge on any atom is -0.504 e. The lowest BCUT2D eigenvalue weighted by Crippen LogP contribution is -2.39. The summed E-state index contributed by atoms with van der Waals surface area (Å²) in [6.07, 6.45) is 2.32. The summed E-state index contributed by atoms with van der Waals surface area (Å²) in [5.41, 5.74) is 2.19. The molecule has 2 N–H and O–H groups in total. The van der Waals surface area contributed by atoms with E-state index in [1.54, 1.807) is 12.1 Å². The summed E-state index contributed by atoms with van der Waals surface area (Å²) in [6.45, 7) is 5.03. The predicted octanol–water partition coefficient (Wildman–Crippen LogP) is 2.43. The number of likely N-dealkylation sites (N-methyl/N-ethyl adjacent to an activating group) is 1. The largest absolute Gasteiger partial charge is 0.504 e. The summed E-state index contributed by atoms with van der Waals surface area (Å²) in [6, 6.07) is 5.96. The van der Waals surface area contributed by atoms with Crippen LogP contribution in [0.3, 0.4) is 0 Å². The summed E-state index contributed by atoms with van der Waals surface area (Å²) in [5, 5.41) is 22.7. The molecule has 26 heavy (non-hydrogen) atoms. The number of hydrogen-bond acceptors (Lipinski definition) is 7. The van der Waals surface area contributed by atoms with Gasteiger partial charge in [-0.1, -0.05) is 0 Å². The zero-order chi connectivity index (χ0) is 18.1. The topological polar surface area (TPSA) is 79.7 Å². The van der Waals surface area contributed by atoms with Gasteiger partial charge in [-0.3, -0.25) is 0 Å². The van der Waals surface area contributed by atoms with Gasteiger partial charge in [0.1, 0.15) is 19.0 Å². The van der Waals surface area contributed by atoms with Gasteiger partial charge in [0.25, 0.3) is 0 Å². The van der Waals surface area contributed by atoms with Crippen molar-refractivity contribution in [3.63, 3.8) is 0 Å². The fourth-order valence-electron chi connectivity index (χ4n) is 3.61. The molecular formula is C19H24N4O3. The molecule has 2 aromatic rings. The van der Waals surface area contributed by atoms with Gasteiger partial charge in [0, 0.05) is 18.2 Å². The fraction of sp³-hybridized carbons (Fsp3) is 0.474. The number of aryl methyl sites for hydroxylation is 1. The number of anilines is 1. The molecule has 1 fully saturated rings. The van der Waals surface area contributed by atoms with E-state index < -0.39 is 0 Å². The molecule has 1 saturated heterocycles. The Morgan fingerprint density at radius 3 is 2.88 bits per heavy atom. The Hall–Kier alpha value is -2.54. The smallest absolute Gasteiger partial charge is 0.204 e. The van der Waals surface area contributed by atoms with Gasteiger partial charge in [-0.25, -0.2) is 0 Å². The maximum Gasteiger partial charge on any atom is 0.204 e. The van der Waals surface area contributed by atoms with Crippen molar-refractivity contribution in [2.75, 3.05) is 38.7 Å². The van der Waals surface area contributed by atoms with Gasteiger partial charge < -0.3 is 24.8 Å². The molecule has 1 unspecified atom stereocenters. The van der Waals surface area contributed by atoms with E-state index in [0.29, 0.717) is 42.0 Å². The Morgan fingerprint density at radius 2 is 2.08 bits per heavy atom. The molecule has 1 aromatic heterocycles. The van der Waals surface area contributed by atoms with E-state index >= 15 is 0 Å². The van der Waals surface area contributed by atoms with Crippen LogP contribution in [0.5, 0.6) is 17.2 Å². The number of ether oxygens (including phenoxy) is 2. The molecule has 2 aliphatic heterocycles. The maximum absolute atomic E-state index is 10.6. The predicted molar refractivity (Wildman–Crippen MR) is 99.0 cm³/mol. The van der Waals surface area contributed by atoms with Gasteiger partial charge in [-0.15, -0.1) is 10.2 Å². The number of phenolic OH excluding ortho intramolecular Hbond substituents is 1. The summed E-state index contributed by atoms with van der Waals surface area (Å²) in [7, 11) is 2.14. The zero-order valence-corrected chi connectivity index (χ0v) is 15.2.